The van der Waals surface area contributed by atoms with Crippen LogP contribution in [0.15, 0.2) is 33.0 Å². The number of primary sulfonamides is 1. The first-order chi connectivity index (χ1) is 14.6. The van der Waals surface area contributed by atoms with Gasteiger partial charge in [0.1, 0.15) is 20.5 Å². The molecule has 0 spiro atoms. The van der Waals surface area contributed by atoms with E-state index in [9.17, 15) is 13.2 Å². The highest BCUT2D eigenvalue weighted by molar-refractivity contribution is 7.89. The number of hydrogen-bond acceptors (Lipinski definition) is 7. The molecule has 3 aromatic rings. The fourth-order valence-corrected chi connectivity index (χ4v) is 5.36. The van der Waals surface area contributed by atoms with Gasteiger partial charge in [-0.2, -0.15) is 5.26 Å². The molecule has 2 N–H and O–H groups in total. The minimum Gasteiger partial charge on any atom is -0.336 e. The molecule has 2 heterocycles. The van der Waals surface area contributed by atoms with E-state index in [1.807, 2.05) is 26.0 Å². The van der Waals surface area contributed by atoms with E-state index in [2.05, 4.69) is 11.2 Å². The number of anilines is 2. The Labute approximate surface area is 188 Å². The number of aryl methyl sites for hydroxylation is 4. The minimum absolute atomic E-state index is 0.0388. The highest BCUT2D eigenvalue weighted by atomic mass is 35.5. The molecular formula is C20H19ClN4O4S2. The first-order valence-corrected chi connectivity index (χ1v) is 11.9. The SMILES string of the molecule is Cc1cc(C)c(N(C(=O)c2sccc2S(N)(=O)=O)c2onc(C)c2Cl)c(CCC#N)c1. The van der Waals surface area contributed by atoms with Crippen molar-refractivity contribution in [2.24, 2.45) is 5.14 Å². The Kier molecular flexibility index (Phi) is 6.52. The number of halogens is 1. The summed E-state index contributed by atoms with van der Waals surface area (Å²) in [5.74, 6) is -0.717. The van der Waals surface area contributed by atoms with Gasteiger partial charge in [-0.3, -0.25) is 4.79 Å². The first kappa shape index (κ1) is 23.0. The van der Waals surface area contributed by atoms with E-state index in [0.29, 0.717) is 23.4 Å². The number of rotatable bonds is 6. The summed E-state index contributed by atoms with van der Waals surface area (Å²) >= 11 is 7.33. The van der Waals surface area contributed by atoms with Gasteiger partial charge in [-0.05, 0) is 49.8 Å². The Hall–Kier alpha value is -2.71. The number of nitriles is 1. The van der Waals surface area contributed by atoms with Crippen molar-refractivity contribution < 1.29 is 17.7 Å². The fraction of sp³-hybridized carbons (Fsp3) is 0.250. The van der Waals surface area contributed by atoms with Crippen LogP contribution in [0.1, 0.15) is 38.5 Å². The molecule has 0 unspecified atom stereocenters. The van der Waals surface area contributed by atoms with Crippen LogP contribution in [0.25, 0.3) is 0 Å². The van der Waals surface area contributed by atoms with E-state index in [1.54, 1.807) is 6.92 Å². The van der Waals surface area contributed by atoms with Crippen molar-refractivity contribution in [2.45, 2.75) is 38.5 Å². The molecule has 0 saturated carbocycles. The second-order valence-corrected chi connectivity index (χ2v) is 9.76. The number of nitrogens with two attached hydrogens (primary N) is 1. The Balaban J connectivity index is 2.31. The highest BCUT2D eigenvalue weighted by Crippen LogP contribution is 2.40. The molecule has 1 amide bonds. The molecule has 0 atom stereocenters. The number of nitrogens with zero attached hydrogens (tertiary/aromatic N) is 3. The minimum atomic E-state index is -4.14. The van der Waals surface area contributed by atoms with E-state index in [4.69, 9.17) is 26.5 Å². The number of amides is 1. The van der Waals surface area contributed by atoms with E-state index >= 15 is 0 Å². The van der Waals surface area contributed by atoms with Crippen LogP contribution in [0.2, 0.25) is 5.02 Å². The molecule has 2 aromatic heterocycles. The molecule has 0 aliphatic heterocycles. The third kappa shape index (κ3) is 4.50. The topological polar surface area (TPSA) is 130 Å². The number of hydrogen-bond donors (Lipinski definition) is 1. The van der Waals surface area contributed by atoms with E-state index in [-0.39, 0.29) is 27.1 Å². The monoisotopic (exact) mass is 478 g/mol. The average Bonchev–Trinajstić information content (AvgIpc) is 3.30. The van der Waals surface area contributed by atoms with Crippen LogP contribution in [0.3, 0.4) is 0 Å². The third-order valence-corrected chi connectivity index (χ3v) is 6.98. The summed E-state index contributed by atoms with van der Waals surface area (Å²) in [4.78, 5) is 14.5. The quantitative estimate of drug-likeness (QED) is 0.558. The van der Waals surface area contributed by atoms with Gasteiger partial charge in [0, 0.05) is 6.42 Å². The molecule has 162 valence electrons. The zero-order valence-electron chi connectivity index (χ0n) is 17.0. The summed E-state index contributed by atoms with van der Waals surface area (Å²) < 4.78 is 29.4. The van der Waals surface area contributed by atoms with Crippen LogP contribution < -0.4 is 10.0 Å². The number of thiophene rings is 1. The van der Waals surface area contributed by atoms with Crippen molar-refractivity contribution in [2.75, 3.05) is 4.90 Å². The molecule has 0 saturated heterocycles. The molecule has 0 fully saturated rings. The Morgan fingerprint density at radius 1 is 1.35 bits per heavy atom. The van der Waals surface area contributed by atoms with E-state index in [1.165, 1.54) is 16.3 Å². The van der Waals surface area contributed by atoms with Gasteiger partial charge in [-0.25, -0.2) is 18.5 Å². The van der Waals surface area contributed by atoms with Gasteiger partial charge in [0.15, 0.2) is 0 Å². The summed E-state index contributed by atoms with van der Waals surface area (Å²) in [7, 11) is -4.14. The van der Waals surface area contributed by atoms with Gasteiger partial charge in [-0.1, -0.05) is 34.5 Å². The van der Waals surface area contributed by atoms with Crippen molar-refractivity contribution in [1.29, 1.82) is 5.26 Å². The average molecular weight is 479 g/mol. The zero-order chi connectivity index (χ0) is 22.9. The smallest absolute Gasteiger partial charge is 0.276 e. The van der Waals surface area contributed by atoms with Gasteiger partial charge >= 0.3 is 0 Å². The van der Waals surface area contributed by atoms with Crippen LogP contribution in [-0.2, 0) is 16.4 Å². The normalized spacial score (nSPS) is 11.4. The van der Waals surface area contributed by atoms with Gasteiger partial charge in [-0.15, -0.1) is 11.3 Å². The highest BCUT2D eigenvalue weighted by Gasteiger charge is 2.33. The lowest BCUT2D eigenvalue weighted by atomic mass is 9.99. The lowest BCUT2D eigenvalue weighted by molar-refractivity contribution is 0.0995. The maximum Gasteiger partial charge on any atom is 0.276 e. The molecule has 0 aliphatic carbocycles. The number of sulfonamides is 1. The van der Waals surface area contributed by atoms with Gasteiger partial charge in [0.05, 0.1) is 11.8 Å². The van der Waals surface area contributed by atoms with Crippen LogP contribution in [0.5, 0.6) is 0 Å². The molecule has 31 heavy (non-hydrogen) atoms. The van der Waals surface area contributed by atoms with Crippen molar-refractivity contribution in [1.82, 2.24) is 5.16 Å². The lowest BCUT2D eigenvalue weighted by Crippen LogP contribution is -2.29. The Bertz CT molecular complexity index is 1310. The van der Waals surface area contributed by atoms with Gasteiger partial charge in [0.25, 0.3) is 11.8 Å². The third-order valence-electron chi connectivity index (χ3n) is 4.56. The van der Waals surface area contributed by atoms with Crippen LogP contribution in [0.4, 0.5) is 11.6 Å². The largest absolute Gasteiger partial charge is 0.336 e. The molecule has 11 heteroatoms. The molecule has 0 radical (unpaired) electrons. The Morgan fingerprint density at radius 2 is 2.06 bits per heavy atom. The number of benzene rings is 1. The van der Waals surface area contributed by atoms with Crippen molar-refractivity contribution >= 4 is 50.4 Å². The Morgan fingerprint density at radius 3 is 2.65 bits per heavy atom. The van der Waals surface area contributed by atoms with Crippen molar-refractivity contribution in [3.05, 3.63) is 55.9 Å². The summed E-state index contributed by atoms with van der Waals surface area (Å²) in [6.07, 6.45) is 0.595. The van der Waals surface area contributed by atoms with Gasteiger partial charge in [0.2, 0.25) is 10.0 Å². The molecular weight excluding hydrogens is 460 g/mol. The van der Waals surface area contributed by atoms with E-state index < -0.39 is 15.9 Å². The first-order valence-electron chi connectivity index (χ1n) is 9.09. The molecule has 8 nitrogen and oxygen atoms in total. The summed E-state index contributed by atoms with van der Waals surface area (Å²) in [5.41, 5.74) is 3.21. The second-order valence-electron chi connectivity index (χ2n) is 6.93. The maximum absolute atomic E-state index is 13.7. The van der Waals surface area contributed by atoms with Crippen molar-refractivity contribution in [3.63, 3.8) is 0 Å². The van der Waals surface area contributed by atoms with E-state index in [0.717, 1.165) is 22.5 Å². The maximum atomic E-state index is 13.7. The fourth-order valence-electron chi connectivity index (χ4n) is 3.31. The standard InChI is InChI=1S/C20H19ClN4O4S2/c1-11-9-12(2)17(14(10-11)5-4-7-22)25(20-16(21)13(3)24-29-20)19(26)18-15(6-8-30-18)31(23,27)28/h6,8-10H,4-5H2,1-3H3,(H2,23,27,28). The number of carbonyl (C=O) groups is 1. The zero-order valence-corrected chi connectivity index (χ0v) is 19.4. The predicted octanol–water partition coefficient (Wildman–Crippen LogP) is 4.40. The molecule has 1 aromatic carbocycles. The second kappa shape index (κ2) is 8.80. The van der Waals surface area contributed by atoms with Crippen LogP contribution in [-0.4, -0.2) is 19.5 Å². The molecule has 3 rings (SSSR count). The van der Waals surface area contributed by atoms with Crippen LogP contribution >= 0.6 is 22.9 Å². The van der Waals surface area contributed by atoms with Crippen LogP contribution in [0, 0.1) is 32.1 Å². The predicted molar refractivity (Wildman–Crippen MR) is 118 cm³/mol. The lowest BCUT2D eigenvalue weighted by Gasteiger charge is -2.25. The molecule has 0 aliphatic rings. The summed E-state index contributed by atoms with van der Waals surface area (Å²) in [5, 5.41) is 19.8. The number of aromatic nitrogens is 1. The molecule has 0 bridgehead atoms. The summed E-state index contributed by atoms with van der Waals surface area (Å²) in [6, 6.07) is 7.12. The summed E-state index contributed by atoms with van der Waals surface area (Å²) in [6.45, 7) is 5.34. The van der Waals surface area contributed by atoms with Crippen molar-refractivity contribution in [3.8, 4) is 6.07 Å². The van der Waals surface area contributed by atoms with Gasteiger partial charge < -0.3 is 4.52 Å². The number of carbonyl (C=O) groups excluding carboxylic acids is 1.